The Hall–Kier alpha value is -4.02. The van der Waals surface area contributed by atoms with E-state index in [1.807, 2.05) is 12.1 Å². The smallest absolute Gasteiger partial charge is 0.420 e. The summed E-state index contributed by atoms with van der Waals surface area (Å²) in [6, 6.07) is 15.3. The third-order valence-electron chi connectivity index (χ3n) is 6.25. The molecule has 1 unspecified atom stereocenters. The number of esters is 1. The van der Waals surface area contributed by atoms with Gasteiger partial charge in [-0.15, -0.1) is 0 Å². The van der Waals surface area contributed by atoms with E-state index in [0.29, 0.717) is 33.8 Å². The summed E-state index contributed by atoms with van der Waals surface area (Å²) in [5.74, 6) is 0.353. The molecule has 0 radical (unpaired) electrons. The lowest BCUT2D eigenvalue weighted by Crippen LogP contribution is -2.21. The van der Waals surface area contributed by atoms with Gasteiger partial charge in [0.2, 0.25) is 0 Å². The van der Waals surface area contributed by atoms with Crippen molar-refractivity contribution in [3.8, 4) is 22.6 Å². The van der Waals surface area contributed by atoms with Crippen LogP contribution < -0.4 is 15.2 Å². The molecule has 40 heavy (non-hydrogen) atoms. The highest BCUT2D eigenvalue weighted by Crippen LogP contribution is 2.41. The Bertz CT molecular complexity index is 1480. The summed E-state index contributed by atoms with van der Waals surface area (Å²) in [6.45, 7) is 2.16. The number of benzene rings is 3. The van der Waals surface area contributed by atoms with E-state index in [1.54, 1.807) is 43.3 Å². The van der Waals surface area contributed by atoms with Crippen molar-refractivity contribution in [2.45, 2.75) is 38.8 Å². The Labute approximate surface area is 229 Å². The quantitative estimate of drug-likeness (QED) is 0.217. The molecule has 0 amide bonds. The fraction of sp³-hybridized carbons (Fsp3) is 0.300. The van der Waals surface area contributed by atoms with Crippen LogP contribution in [0.25, 0.3) is 22.1 Å². The number of hydrogen-bond acceptors (Lipinski definition) is 7. The van der Waals surface area contributed by atoms with Crippen LogP contribution in [0.5, 0.6) is 11.5 Å². The predicted octanol–water partition coefficient (Wildman–Crippen LogP) is 6.29. The first-order valence-corrected chi connectivity index (χ1v) is 12.5. The Kier molecular flexibility index (Phi) is 9.01. The maximum Gasteiger partial charge on any atom is 0.420 e. The Morgan fingerprint density at radius 1 is 1.05 bits per heavy atom. The maximum atomic E-state index is 13.8. The molecule has 1 atom stereocenters. The molecule has 3 aromatic carbocycles. The number of alkyl halides is 3. The first-order valence-electron chi connectivity index (χ1n) is 12.5. The second-order valence-electron chi connectivity index (χ2n) is 9.27. The van der Waals surface area contributed by atoms with E-state index in [1.165, 1.54) is 20.3 Å². The van der Waals surface area contributed by atoms with Gasteiger partial charge in [-0.2, -0.15) is 13.2 Å². The van der Waals surface area contributed by atoms with Gasteiger partial charge in [-0.25, -0.2) is 0 Å². The molecule has 212 valence electrons. The third-order valence-corrected chi connectivity index (χ3v) is 6.25. The van der Waals surface area contributed by atoms with Crippen LogP contribution >= 0.6 is 0 Å². The van der Waals surface area contributed by atoms with Gasteiger partial charge in [0.25, 0.3) is 0 Å². The summed E-state index contributed by atoms with van der Waals surface area (Å²) in [6.07, 6.45) is -4.40. The van der Waals surface area contributed by atoms with Gasteiger partial charge in [-0.3, -0.25) is 4.79 Å². The van der Waals surface area contributed by atoms with Crippen LogP contribution in [0.15, 0.2) is 65.3 Å². The van der Waals surface area contributed by atoms with E-state index in [0.717, 1.165) is 11.8 Å². The van der Waals surface area contributed by atoms with Gasteiger partial charge in [-0.05, 0) is 47.9 Å². The topological polar surface area (TPSA) is 93.2 Å². The summed E-state index contributed by atoms with van der Waals surface area (Å²) in [4.78, 5) is 12.5. The number of nitrogens with two attached hydrogens (primary N) is 1. The van der Waals surface area contributed by atoms with Crippen molar-refractivity contribution >= 4 is 16.9 Å². The molecule has 1 heterocycles. The van der Waals surface area contributed by atoms with E-state index < -0.39 is 23.8 Å². The molecule has 0 bridgehead atoms. The molecule has 1 aromatic heterocycles. The number of carbonyl (C=O) groups is 1. The van der Waals surface area contributed by atoms with Gasteiger partial charge in [0.1, 0.15) is 41.6 Å². The monoisotopic (exact) mass is 557 g/mol. The molecule has 0 saturated carbocycles. The van der Waals surface area contributed by atoms with Crippen LogP contribution in [0, 0.1) is 0 Å². The fourth-order valence-electron chi connectivity index (χ4n) is 4.37. The first kappa shape index (κ1) is 29.0. The number of furan rings is 1. The first-order chi connectivity index (χ1) is 19.1. The van der Waals surface area contributed by atoms with Crippen LogP contribution in [0.4, 0.5) is 13.2 Å². The number of hydrogen-bond donors (Lipinski definition) is 1. The lowest BCUT2D eigenvalue weighted by Gasteiger charge is -2.16. The number of halogens is 3. The molecule has 0 aliphatic heterocycles. The molecule has 0 fully saturated rings. The average molecular weight is 558 g/mol. The maximum absolute atomic E-state index is 13.8. The van der Waals surface area contributed by atoms with Crippen molar-refractivity contribution in [3.05, 3.63) is 83.1 Å². The van der Waals surface area contributed by atoms with Crippen LogP contribution in [0.3, 0.4) is 0 Å². The van der Waals surface area contributed by atoms with Crippen molar-refractivity contribution in [1.29, 1.82) is 0 Å². The van der Waals surface area contributed by atoms with Gasteiger partial charge >= 0.3 is 12.1 Å². The lowest BCUT2D eigenvalue weighted by molar-refractivity contribution is -0.149. The minimum Gasteiger partial charge on any atom is -0.497 e. The van der Waals surface area contributed by atoms with E-state index in [-0.39, 0.29) is 37.1 Å². The molecular weight excluding hydrogens is 527 g/mol. The molecule has 4 rings (SSSR count). The second-order valence-corrected chi connectivity index (χ2v) is 9.27. The Morgan fingerprint density at radius 2 is 1.85 bits per heavy atom. The lowest BCUT2D eigenvalue weighted by atomic mass is 9.97. The zero-order chi connectivity index (χ0) is 28.9. The number of fused-ring (bicyclic) bond motifs is 1. The number of methoxy groups -OCH3 is 2. The summed E-state index contributed by atoms with van der Waals surface area (Å²) >= 11 is 0. The normalized spacial score (nSPS) is 12.4. The molecule has 0 aliphatic rings. The van der Waals surface area contributed by atoms with E-state index >= 15 is 0 Å². The molecule has 4 aromatic rings. The van der Waals surface area contributed by atoms with E-state index in [2.05, 4.69) is 0 Å². The average Bonchev–Trinajstić information content (AvgIpc) is 3.37. The molecule has 0 saturated heterocycles. The SMILES string of the molecule is COCC(C)OC(=O)Cc1ccc(OC)cc1OCc1cc(-c2cccc(CN)c2)c2occ(C(F)(F)F)c2c1. The van der Waals surface area contributed by atoms with Crippen LogP contribution in [-0.4, -0.2) is 32.9 Å². The zero-order valence-electron chi connectivity index (χ0n) is 22.3. The van der Waals surface area contributed by atoms with Crippen molar-refractivity contribution in [2.75, 3.05) is 20.8 Å². The van der Waals surface area contributed by atoms with Crippen LogP contribution in [0.1, 0.15) is 29.2 Å². The van der Waals surface area contributed by atoms with Gasteiger partial charge < -0.3 is 29.1 Å². The Balaban J connectivity index is 1.69. The highest BCUT2D eigenvalue weighted by Gasteiger charge is 2.35. The molecule has 10 heteroatoms. The van der Waals surface area contributed by atoms with Crippen molar-refractivity contribution in [3.63, 3.8) is 0 Å². The van der Waals surface area contributed by atoms with Gasteiger partial charge in [0.05, 0.1) is 20.1 Å². The van der Waals surface area contributed by atoms with Crippen LogP contribution in [0.2, 0.25) is 0 Å². The molecule has 7 nitrogen and oxygen atoms in total. The largest absolute Gasteiger partial charge is 0.497 e. The fourth-order valence-corrected chi connectivity index (χ4v) is 4.37. The van der Waals surface area contributed by atoms with Gasteiger partial charge in [0.15, 0.2) is 0 Å². The molecule has 0 aliphatic carbocycles. The third kappa shape index (κ3) is 6.75. The number of ether oxygens (including phenoxy) is 4. The molecule has 2 N–H and O–H groups in total. The summed E-state index contributed by atoms with van der Waals surface area (Å²) in [5.41, 5.74) is 7.98. The predicted molar refractivity (Wildman–Crippen MR) is 143 cm³/mol. The minimum atomic E-state index is -4.61. The molecule has 0 spiro atoms. The van der Waals surface area contributed by atoms with Crippen molar-refractivity contribution < 1.29 is 41.3 Å². The summed E-state index contributed by atoms with van der Waals surface area (Å²) in [5, 5.41) is -0.0803. The van der Waals surface area contributed by atoms with Gasteiger partial charge in [0, 0.05) is 36.2 Å². The zero-order valence-corrected chi connectivity index (χ0v) is 22.3. The summed E-state index contributed by atoms with van der Waals surface area (Å²) in [7, 11) is 3.01. The van der Waals surface area contributed by atoms with Crippen molar-refractivity contribution in [1.82, 2.24) is 0 Å². The number of rotatable bonds is 11. The van der Waals surface area contributed by atoms with Gasteiger partial charge in [-0.1, -0.05) is 24.3 Å². The Morgan fingerprint density at radius 3 is 2.55 bits per heavy atom. The molecular formula is C30H30F3NO6. The highest BCUT2D eigenvalue weighted by atomic mass is 19.4. The standard InChI is InChI=1S/C30H30F3NO6/c1-18(15-36-2)40-28(35)12-22-7-8-23(37-3)13-27(22)38-16-20-10-24(21-6-4-5-19(9-21)14-34)29-25(11-20)26(17-39-29)30(31,32)33/h4-11,13,17-18H,12,14-16,34H2,1-3H3. The van der Waals surface area contributed by atoms with E-state index in [9.17, 15) is 18.0 Å². The highest BCUT2D eigenvalue weighted by molar-refractivity contribution is 5.95. The second kappa shape index (κ2) is 12.4. The summed E-state index contributed by atoms with van der Waals surface area (Å²) < 4.78 is 68.6. The minimum absolute atomic E-state index is 0.0799. The number of carbonyl (C=O) groups excluding carboxylic acids is 1. The van der Waals surface area contributed by atoms with Crippen LogP contribution in [-0.2, 0) is 40.0 Å². The van der Waals surface area contributed by atoms with Crippen molar-refractivity contribution in [2.24, 2.45) is 5.73 Å². The van der Waals surface area contributed by atoms with E-state index in [4.69, 9.17) is 29.1 Å².